The number of hydrogen-bond acceptors (Lipinski definition) is 5. The first-order valence-electron chi connectivity index (χ1n) is 7.77. The van der Waals surface area contributed by atoms with Crippen LogP contribution >= 0.6 is 22.9 Å². The summed E-state index contributed by atoms with van der Waals surface area (Å²) in [5, 5.41) is 8.40. The van der Waals surface area contributed by atoms with Gasteiger partial charge in [-0.05, 0) is 18.6 Å². The van der Waals surface area contributed by atoms with E-state index in [1.807, 2.05) is 36.5 Å². The average molecular weight is 395 g/mol. The Hall–Kier alpha value is -1.74. The van der Waals surface area contributed by atoms with Crippen LogP contribution in [-0.2, 0) is 10.0 Å². The van der Waals surface area contributed by atoms with Crippen LogP contribution in [0.2, 0.25) is 4.34 Å². The molecule has 4 rings (SSSR count). The van der Waals surface area contributed by atoms with Crippen molar-refractivity contribution >= 4 is 33.0 Å². The second-order valence-corrected chi connectivity index (χ2v) is 9.69. The highest BCUT2D eigenvalue weighted by Gasteiger charge is 2.34. The number of nitrogens with zero attached hydrogens (tertiary/aromatic N) is 4. The van der Waals surface area contributed by atoms with Crippen LogP contribution in [-0.4, -0.2) is 40.8 Å². The molecule has 3 heterocycles. The molecular formula is C16H15ClN4O2S2. The van der Waals surface area contributed by atoms with Crippen LogP contribution in [0.4, 0.5) is 0 Å². The predicted molar refractivity (Wildman–Crippen MR) is 97.2 cm³/mol. The van der Waals surface area contributed by atoms with Crippen LogP contribution in [0.15, 0.2) is 52.9 Å². The highest BCUT2D eigenvalue weighted by atomic mass is 35.5. The molecule has 0 aliphatic carbocycles. The molecule has 1 saturated heterocycles. The standard InChI is InChI=1S/C16H15ClN4O2S2/c17-15-6-7-16(24-15)25(22,23)20-9-8-13(10-20)21-11-14(18-19-21)12-4-2-1-3-5-12/h1-7,11,13H,8-10H2/t13-/m0/s1. The molecule has 3 aromatic rings. The van der Waals surface area contributed by atoms with Gasteiger partial charge in [0.05, 0.1) is 16.6 Å². The SMILES string of the molecule is O=S(=O)(c1ccc(Cl)s1)N1CC[C@H](n2cc(-c3ccccc3)nn2)C1. The van der Waals surface area contributed by atoms with Gasteiger partial charge in [-0.2, -0.15) is 4.31 Å². The maximum atomic E-state index is 12.7. The van der Waals surface area contributed by atoms with Crippen LogP contribution in [0.3, 0.4) is 0 Å². The maximum absolute atomic E-state index is 12.7. The number of halogens is 1. The summed E-state index contributed by atoms with van der Waals surface area (Å²) in [6, 6.07) is 12.9. The number of benzene rings is 1. The lowest BCUT2D eigenvalue weighted by atomic mass is 10.2. The zero-order chi connectivity index (χ0) is 17.4. The minimum absolute atomic E-state index is 0.0184. The summed E-state index contributed by atoms with van der Waals surface area (Å²) < 4.78 is 29.4. The Kier molecular flexibility index (Phi) is 4.36. The van der Waals surface area contributed by atoms with E-state index in [0.717, 1.165) is 22.6 Å². The number of sulfonamides is 1. The topological polar surface area (TPSA) is 68.1 Å². The minimum atomic E-state index is -3.50. The Bertz CT molecular complexity index is 985. The molecule has 0 radical (unpaired) electrons. The highest BCUT2D eigenvalue weighted by Crippen LogP contribution is 2.32. The monoisotopic (exact) mass is 394 g/mol. The van der Waals surface area contributed by atoms with Gasteiger partial charge in [0.1, 0.15) is 9.90 Å². The van der Waals surface area contributed by atoms with Crippen LogP contribution in [0.5, 0.6) is 0 Å². The van der Waals surface area contributed by atoms with E-state index in [0.29, 0.717) is 23.8 Å². The highest BCUT2D eigenvalue weighted by molar-refractivity contribution is 7.91. The van der Waals surface area contributed by atoms with Crippen LogP contribution in [0.25, 0.3) is 11.3 Å². The van der Waals surface area contributed by atoms with Gasteiger partial charge in [-0.3, -0.25) is 0 Å². The Morgan fingerprint density at radius 3 is 2.68 bits per heavy atom. The summed E-state index contributed by atoms with van der Waals surface area (Å²) in [4.78, 5) is 0. The van der Waals surface area contributed by atoms with Gasteiger partial charge in [0.15, 0.2) is 0 Å². The van der Waals surface area contributed by atoms with Crippen molar-refractivity contribution in [1.82, 2.24) is 19.3 Å². The molecule has 2 aromatic heterocycles. The van der Waals surface area contributed by atoms with Gasteiger partial charge in [-0.25, -0.2) is 13.1 Å². The first kappa shape index (κ1) is 16.7. The largest absolute Gasteiger partial charge is 0.252 e. The summed E-state index contributed by atoms with van der Waals surface area (Å²) in [6.07, 6.45) is 2.58. The van der Waals surface area contributed by atoms with Crippen LogP contribution in [0, 0.1) is 0 Å². The lowest BCUT2D eigenvalue weighted by Crippen LogP contribution is -2.28. The van der Waals surface area contributed by atoms with E-state index >= 15 is 0 Å². The van der Waals surface area contributed by atoms with Crippen molar-refractivity contribution in [2.45, 2.75) is 16.7 Å². The molecule has 6 nitrogen and oxygen atoms in total. The lowest BCUT2D eigenvalue weighted by molar-refractivity contribution is 0.429. The normalized spacial score (nSPS) is 18.7. The first-order valence-corrected chi connectivity index (χ1v) is 10.4. The fourth-order valence-electron chi connectivity index (χ4n) is 2.90. The lowest BCUT2D eigenvalue weighted by Gasteiger charge is -2.15. The number of hydrogen-bond donors (Lipinski definition) is 0. The van der Waals surface area contributed by atoms with E-state index in [2.05, 4.69) is 10.3 Å². The molecule has 1 fully saturated rings. The van der Waals surface area contributed by atoms with Crippen molar-refractivity contribution in [2.24, 2.45) is 0 Å². The van der Waals surface area contributed by atoms with E-state index in [1.165, 1.54) is 4.31 Å². The van der Waals surface area contributed by atoms with Crippen molar-refractivity contribution in [2.75, 3.05) is 13.1 Å². The summed E-state index contributed by atoms with van der Waals surface area (Å²) in [7, 11) is -3.50. The Morgan fingerprint density at radius 1 is 1.16 bits per heavy atom. The van der Waals surface area contributed by atoms with E-state index < -0.39 is 10.0 Å². The van der Waals surface area contributed by atoms with E-state index in [9.17, 15) is 8.42 Å². The molecule has 0 N–H and O–H groups in total. The van der Waals surface area contributed by atoms with Gasteiger partial charge in [0.2, 0.25) is 0 Å². The first-order chi connectivity index (χ1) is 12.0. The van der Waals surface area contributed by atoms with Crippen molar-refractivity contribution in [3.63, 3.8) is 0 Å². The predicted octanol–water partition coefficient (Wildman–Crippen LogP) is 3.30. The molecule has 0 amide bonds. The molecule has 1 atom stereocenters. The average Bonchev–Trinajstić information content (AvgIpc) is 3.35. The van der Waals surface area contributed by atoms with Crippen molar-refractivity contribution in [1.29, 1.82) is 0 Å². The molecule has 25 heavy (non-hydrogen) atoms. The maximum Gasteiger partial charge on any atom is 0.252 e. The van der Waals surface area contributed by atoms with E-state index in [-0.39, 0.29) is 10.3 Å². The third kappa shape index (κ3) is 3.22. The van der Waals surface area contributed by atoms with Gasteiger partial charge < -0.3 is 0 Å². The Balaban J connectivity index is 1.52. The molecular weight excluding hydrogens is 380 g/mol. The van der Waals surface area contributed by atoms with E-state index in [4.69, 9.17) is 11.6 Å². The zero-order valence-electron chi connectivity index (χ0n) is 13.1. The Labute approximate surface area is 154 Å². The van der Waals surface area contributed by atoms with Gasteiger partial charge in [-0.15, -0.1) is 16.4 Å². The third-order valence-electron chi connectivity index (χ3n) is 4.22. The number of rotatable bonds is 4. The quantitative estimate of drug-likeness (QED) is 0.680. The molecule has 0 unspecified atom stereocenters. The molecule has 0 bridgehead atoms. The minimum Gasteiger partial charge on any atom is -0.247 e. The van der Waals surface area contributed by atoms with Crippen LogP contribution in [0.1, 0.15) is 12.5 Å². The van der Waals surface area contributed by atoms with Crippen LogP contribution < -0.4 is 0 Å². The molecule has 9 heteroatoms. The Morgan fingerprint density at radius 2 is 1.96 bits per heavy atom. The molecule has 0 saturated carbocycles. The van der Waals surface area contributed by atoms with Gasteiger partial charge in [0.25, 0.3) is 10.0 Å². The number of aromatic nitrogens is 3. The second kappa shape index (κ2) is 6.53. The fourth-order valence-corrected chi connectivity index (χ4v) is 6.03. The molecule has 130 valence electrons. The van der Waals surface area contributed by atoms with Gasteiger partial charge in [-0.1, -0.05) is 47.1 Å². The molecule has 1 aliphatic rings. The summed E-state index contributed by atoms with van der Waals surface area (Å²) in [5.74, 6) is 0. The molecule has 1 aliphatic heterocycles. The molecule has 0 spiro atoms. The van der Waals surface area contributed by atoms with Crippen molar-refractivity contribution in [3.8, 4) is 11.3 Å². The second-order valence-electron chi connectivity index (χ2n) is 5.81. The summed E-state index contributed by atoms with van der Waals surface area (Å²) in [6.45, 7) is 0.846. The van der Waals surface area contributed by atoms with Gasteiger partial charge in [0, 0.05) is 18.7 Å². The summed E-state index contributed by atoms with van der Waals surface area (Å²) in [5.41, 5.74) is 1.77. The smallest absolute Gasteiger partial charge is 0.247 e. The summed E-state index contributed by atoms with van der Waals surface area (Å²) >= 11 is 6.95. The van der Waals surface area contributed by atoms with Crippen molar-refractivity contribution in [3.05, 3.63) is 53.0 Å². The third-order valence-corrected chi connectivity index (χ3v) is 7.79. The van der Waals surface area contributed by atoms with E-state index in [1.54, 1.807) is 16.8 Å². The number of thiophene rings is 1. The van der Waals surface area contributed by atoms with Gasteiger partial charge >= 0.3 is 0 Å². The fraction of sp³-hybridized carbons (Fsp3) is 0.250. The zero-order valence-corrected chi connectivity index (χ0v) is 15.5. The van der Waals surface area contributed by atoms with Crippen molar-refractivity contribution < 1.29 is 8.42 Å². The molecule has 1 aromatic carbocycles.